The molecule has 0 saturated carbocycles. The highest BCUT2D eigenvalue weighted by molar-refractivity contribution is 6.31. The Morgan fingerprint density at radius 1 is 1.19 bits per heavy atom. The van der Waals surface area contributed by atoms with Gasteiger partial charge in [-0.3, -0.25) is 9.48 Å². The van der Waals surface area contributed by atoms with Crippen LogP contribution in [0, 0.1) is 6.92 Å². The molecule has 0 radical (unpaired) electrons. The number of hydrogen-bond donors (Lipinski definition) is 0. The highest BCUT2D eigenvalue weighted by Crippen LogP contribution is 2.21. The van der Waals surface area contributed by atoms with Gasteiger partial charge in [-0.15, -0.1) is 0 Å². The van der Waals surface area contributed by atoms with Crippen LogP contribution >= 0.6 is 11.6 Å². The van der Waals surface area contributed by atoms with Crippen LogP contribution in [-0.4, -0.2) is 34.2 Å². The van der Waals surface area contributed by atoms with Gasteiger partial charge in [0.1, 0.15) is 5.75 Å². The summed E-state index contributed by atoms with van der Waals surface area (Å²) in [5, 5.41) is 5.05. The highest BCUT2D eigenvalue weighted by atomic mass is 35.5. The number of carbonyl (C=O) groups excluding carboxylic acids is 1. The van der Waals surface area contributed by atoms with E-state index in [1.54, 1.807) is 30.3 Å². The molecule has 6 heteroatoms. The van der Waals surface area contributed by atoms with Gasteiger partial charge in [-0.05, 0) is 36.2 Å². The predicted molar refractivity (Wildman–Crippen MR) is 106 cm³/mol. The van der Waals surface area contributed by atoms with Crippen molar-refractivity contribution in [2.24, 2.45) is 0 Å². The third-order valence-corrected chi connectivity index (χ3v) is 4.64. The number of benzene rings is 2. The summed E-state index contributed by atoms with van der Waals surface area (Å²) in [6, 6.07) is 15.5. The van der Waals surface area contributed by atoms with Gasteiger partial charge < -0.3 is 9.64 Å². The van der Waals surface area contributed by atoms with E-state index < -0.39 is 0 Å². The Bertz CT molecular complexity index is 909. The number of carbonyl (C=O) groups is 1. The van der Waals surface area contributed by atoms with E-state index in [-0.39, 0.29) is 12.5 Å². The van der Waals surface area contributed by atoms with Crippen molar-refractivity contribution in [3.63, 3.8) is 0 Å². The Morgan fingerprint density at radius 2 is 1.96 bits per heavy atom. The predicted octanol–water partition coefficient (Wildman–Crippen LogP) is 3.93. The van der Waals surface area contributed by atoms with E-state index in [0.717, 1.165) is 11.1 Å². The van der Waals surface area contributed by atoms with Crippen molar-refractivity contribution in [2.75, 3.05) is 13.7 Å². The molecule has 0 saturated heterocycles. The highest BCUT2D eigenvalue weighted by Gasteiger charge is 2.12. The number of aromatic nitrogens is 2. The Hall–Kier alpha value is -2.79. The van der Waals surface area contributed by atoms with Crippen molar-refractivity contribution >= 4 is 17.5 Å². The van der Waals surface area contributed by atoms with Crippen molar-refractivity contribution < 1.29 is 9.53 Å². The number of likely N-dealkylation sites (N-methyl/N-ethyl adjacent to an activating group) is 1. The lowest BCUT2D eigenvalue weighted by atomic mass is 10.2. The van der Waals surface area contributed by atoms with Crippen LogP contribution in [0.25, 0.3) is 0 Å². The number of nitrogens with zero attached hydrogens (tertiary/aromatic N) is 3. The summed E-state index contributed by atoms with van der Waals surface area (Å²) >= 11 is 6.00. The molecule has 0 bridgehead atoms. The zero-order valence-corrected chi connectivity index (χ0v) is 16.2. The molecule has 5 nitrogen and oxygen atoms in total. The number of amides is 1. The Balaban J connectivity index is 1.51. The lowest BCUT2D eigenvalue weighted by Gasteiger charge is -2.16. The number of ether oxygens (including phenoxy) is 1. The van der Waals surface area contributed by atoms with Crippen LogP contribution in [0.15, 0.2) is 60.9 Å². The molecule has 0 atom stereocenters. The van der Waals surface area contributed by atoms with Crippen molar-refractivity contribution in [1.29, 1.82) is 0 Å². The third-order valence-electron chi connectivity index (χ3n) is 4.21. The topological polar surface area (TPSA) is 47.4 Å². The largest absolute Gasteiger partial charge is 0.484 e. The maximum atomic E-state index is 12.3. The number of rotatable bonds is 7. The molecule has 0 aliphatic heterocycles. The van der Waals surface area contributed by atoms with Crippen LogP contribution in [0.5, 0.6) is 5.75 Å². The van der Waals surface area contributed by atoms with Gasteiger partial charge in [0.15, 0.2) is 6.61 Å². The van der Waals surface area contributed by atoms with Crippen LogP contribution < -0.4 is 4.74 Å². The SMILES string of the molecule is Cc1cc(OCC(=O)N(C)Cc2cnn(Cc3ccccc3)c2)ccc1Cl. The van der Waals surface area contributed by atoms with E-state index in [1.807, 2.05) is 42.1 Å². The fraction of sp³-hybridized carbons (Fsp3) is 0.238. The van der Waals surface area contributed by atoms with Crippen molar-refractivity contribution in [3.05, 3.63) is 82.6 Å². The smallest absolute Gasteiger partial charge is 0.260 e. The first-order chi connectivity index (χ1) is 13.0. The van der Waals surface area contributed by atoms with Gasteiger partial charge in [0.25, 0.3) is 5.91 Å². The van der Waals surface area contributed by atoms with E-state index in [2.05, 4.69) is 17.2 Å². The van der Waals surface area contributed by atoms with Crippen molar-refractivity contribution in [1.82, 2.24) is 14.7 Å². The third kappa shape index (κ3) is 5.34. The number of halogens is 1. The van der Waals surface area contributed by atoms with Crippen LogP contribution in [0.2, 0.25) is 5.02 Å². The first-order valence-electron chi connectivity index (χ1n) is 8.69. The first kappa shape index (κ1) is 19.0. The molecular formula is C21H22ClN3O2. The fourth-order valence-corrected chi connectivity index (χ4v) is 2.79. The summed E-state index contributed by atoms with van der Waals surface area (Å²) < 4.78 is 7.45. The monoisotopic (exact) mass is 383 g/mol. The Morgan fingerprint density at radius 3 is 2.70 bits per heavy atom. The maximum Gasteiger partial charge on any atom is 0.260 e. The van der Waals surface area contributed by atoms with Gasteiger partial charge in [-0.1, -0.05) is 41.9 Å². The average Bonchev–Trinajstić information content (AvgIpc) is 3.10. The lowest BCUT2D eigenvalue weighted by Crippen LogP contribution is -2.30. The fourth-order valence-electron chi connectivity index (χ4n) is 2.67. The maximum absolute atomic E-state index is 12.3. The minimum Gasteiger partial charge on any atom is -0.484 e. The molecule has 3 aromatic rings. The van der Waals surface area contributed by atoms with Crippen LogP contribution in [0.4, 0.5) is 0 Å². The molecule has 1 amide bonds. The molecule has 0 fully saturated rings. The lowest BCUT2D eigenvalue weighted by molar-refractivity contribution is -0.132. The summed E-state index contributed by atoms with van der Waals surface area (Å²) in [6.07, 6.45) is 3.75. The van der Waals surface area contributed by atoms with Gasteiger partial charge in [-0.25, -0.2) is 0 Å². The first-order valence-corrected chi connectivity index (χ1v) is 9.07. The summed E-state index contributed by atoms with van der Waals surface area (Å²) in [7, 11) is 1.76. The number of aryl methyl sites for hydroxylation is 1. The van der Waals surface area contributed by atoms with Gasteiger partial charge >= 0.3 is 0 Å². The molecule has 140 valence electrons. The zero-order chi connectivity index (χ0) is 19.2. The molecule has 1 heterocycles. The van der Waals surface area contributed by atoms with E-state index in [4.69, 9.17) is 16.3 Å². The van der Waals surface area contributed by atoms with E-state index in [0.29, 0.717) is 23.9 Å². The van der Waals surface area contributed by atoms with Gasteiger partial charge in [-0.2, -0.15) is 5.10 Å². The van der Waals surface area contributed by atoms with E-state index >= 15 is 0 Å². The van der Waals surface area contributed by atoms with Crippen LogP contribution in [-0.2, 0) is 17.9 Å². The Labute approximate surface area is 164 Å². The van der Waals surface area contributed by atoms with Crippen LogP contribution in [0.1, 0.15) is 16.7 Å². The van der Waals surface area contributed by atoms with Crippen molar-refractivity contribution in [2.45, 2.75) is 20.0 Å². The molecule has 27 heavy (non-hydrogen) atoms. The summed E-state index contributed by atoms with van der Waals surface area (Å²) in [4.78, 5) is 13.9. The second-order valence-electron chi connectivity index (χ2n) is 6.48. The molecule has 2 aromatic carbocycles. The van der Waals surface area contributed by atoms with Gasteiger partial charge in [0.05, 0.1) is 12.7 Å². The summed E-state index contributed by atoms with van der Waals surface area (Å²) in [5.74, 6) is 0.535. The molecule has 0 spiro atoms. The molecule has 0 N–H and O–H groups in total. The minimum atomic E-state index is -0.0987. The van der Waals surface area contributed by atoms with Crippen molar-refractivity contribution in [3.8, 4) is 5.75 Å². The summed E-state index contributed by atoms with van der Waals surface area (Å²) in [6.45, 7) is 3.07. The second-order valence-corrected chi connectivity index (χ2v) is 6.89. The Kier molecular flexibility index (Phi) is 6.14. The van der Waals surface area contributed by atoms with E-state index in [9.17, 15) is 4.79 Å². The molecular weight excluding hydrogens is 362 g/mol. The average molecular weight is 384 g/mol. The zero-order valence-electron chi connectivity index (χ0n) is 15.4. The molecule has 1 aromatic heterocycles. The number of hydrogen-bond acceptors (Lipinski definition) is 3. The summed E-state index contributed by atoms with van der Waals surface area (Å²) in [5.41, 5.74) is 3.08. The van der Waals surface area contributed by atoms with Crippen LogP contribution in [0.3, 0.4) is 0 Å². The quantitative estimate of drug-likeness (QED) is 0.621. The van der Waals surface area contributed by atoms with E-state index in [1.165, 1.54) is 5.56 Å². The molecule has 0 aliphatic rings. The molecule has 3 rings (SSSR count). The van der Waals surface area contributed by atoms with Gasteiger partial charge in [0.2, 0.25) is 0 Å². The molecule has 0 aliphatic carbocycles. The minimum absolute atomic E-state index is 0.0181. The second kappa shape index (κ2) is 8.73. The van der Waals surface area contributed by atoms with Gasteiger partial charge in [0, 0.05) is 30.4 Å². The standard InChI is InChI=1S/C21H22ClN3O2/c1-16-10-19(8-9-20(16)22)27-15-21(26)24(2)12-18-11-23-25(14-18)13-17-6-4-3-5-7-17/h3-11,14H,12-13,15H2,1-2H3. The molecule has 0 unspecified atom stereocenters. The normalized spacial score (nSPS) is 10.6.